The first-order valence-corrected chi connectivity index (χ1v) is 9.95. The van der Waals surface area contributed by atoms with Crippen molar-refractivity contribution in [3.8, 4) is 0 Å². The minimum atomic E-state index is -3.50. The number of sulfonamides is 1. The van der Waals surface area contributed by atoms with Crippen molar-refractivity contribution in [1.82, 2.24) is 4.31 Å². The molecule has 0 aromatic heterocycles. The van der Waals surface area contributed by atoms with Crippen LogP contribution < -0.4 is 0 Å². The summed E-state index contributed by atoms with van der Waals surface area (Å²) in [5.74, 6) is 0.948. The van der Waals surface area contributed by atoms with Gasteiger partial charge in [-0.3, -0.25) is 0 Å². The molecular formula is C6H12BrNO4S3. The van der Waals surface area contributed by atoms with E-state index in [0.29, 0.717) is 11.5 Å². The third kappa shape index (κ3) is 3.32. The fourth-order valence-electron chi connectivity index (χ4n) is 1.28. The van der Waals surface area contributed by atoms with Gasteiger partial charge in [0, 0.05) is 24.3 Å². The summed E-state index contributed by atoms with van der Waals surface area (Å²) in [4.78, 5) is 0. The molecule has 0 amide bonds. The lowest BCUT2D eigenvalue weighted by Gasteiger charge is -2.32. The standard InChI is InChI=1S/C6H12BrNO4S3/c1-14(9,10)6-4-13-3-2-8(6)15(11,12)5-7/h6H,2-5H2,1H3. The summed E-state index contributed by atoms with van der Waals surface area (Å²) >= 11 is 4.33. The van der Waals surface area contributed by atoms with E-state index < -0.39 is 25.2 Å². The van der Waals surface area contributed by atoms with Crippen molar-refractivity contribution in [2.75, 3.05) is 29.0 Å². The van der Waals surface area contributed by atoms with E-state index in [2.05, 4.69) is 15.9 Å². The summed E-state index contributed by atoms with van der Waals surface area (Å²) in [6.07, 6.45) is 1.07. The summed E-state index contributed by atoms with van der Waals surface area (Å²) in [5.41, 5.74) is 0. The molecule has 9 heteroatoms. The zero-order valence-electron chi connectivity index (χ0n) is 8.09. The largest absolute Gasteiger partial charge is 0.227 e. The Hall–Kier alpha value is 0.690. The lowest BCUT2D eigenvalue weighted by molar-refractivity contribution is 0.408. The number of nitrogens with zero attached hydrogens (tertiary/aromatic N) is 1. The number of rotatable bonds is 3. The molecule has 1 aliphatic heterocycles. The molecule has 1 saturated heterocycles. The van der Waals surface area contributed by atoms with E-state index >= 15 is 0 Å². The van der Waals surface area contributed by atoms with Crippen LogP contribution in [0.2, 0.25) is 0 Å². The maximum absolute atomic E-state index is 11.6. The molecule has 90 valence electrons. The lowest BCUT2D eigenvalue weighted by Crippen LogP contribution is -2.50. The Balaban J connectivity index is 3.05. The second-order valence-corrected chi connectivity index (χ2v) is 9.77. The number of halogens is 1. The summed E-state index contributed by atoms with van der Waals surface area (Å²) in [6.45, 7) is 0.260. The van der Waals surface area contributed by atoms with E-state index in [4.69, 9.17) is 0 Å². The Morgan fingerprint density at radius 1 is 1.40 bits per heavy atom. The molecule has 1 aliphatic rings. The quantitative estimate of drug-likeness (QED) is 0.682. The Kier molecular flexibility index (Phi) is 4.50. The maximum Gasteiger partial charge on any atom is 0.225 e. The Morgan fingerprint density at radius 3 is 2.47 bits per heavy atom. The van der Waals surface area contributed by atoms with Crippen molar-refractivity contribution in [1.29, 1.82) is 0 Å². The zero-order valence-corrected chi connectivity index (χ0v) is 12.1. The molecular weight excluding hydrogens is 326 g/mol. The van der Waals surface area contributed by atoms with Crippen LogP contribution in [-0.2, 0) is 19.9 Å². The van der Waals surface area contributed by atoms with Gasteiger partial charge in [-0.15, -0.1) is 0 Å². The van der Waals surface area contributed by atoms with Gasteiger partial charge >= 0.3 is 0 Å². The van der Waals surface area contributed by atoms with Crippen LogP contribution in [0.25, 0.3) is 0 Å². The Labute approximate surface area is 103 Å². The minimum Gasteiger partial charge on any atom is -0.227 e. The predicted octanol–water partition coefficient (Wildman–Crippen LogP) is 0.0881. The summed E-state index contributed by atoms with van der Waals surface area (Å²) < 4.78 is 46.9. The van der Waals surface area contributed by atoms with Gasteiger partial charge in [0.2, 0.25) is 10.0 Å². The minimum absolute atomic E-state index is 0.239. The van der Waals surface area contributed by atoms with Crippen LogP contribution in [0.1, 0.15) is 0 Å². The number of thioether (sulfide) groups is 1. The first kappa shape index (κ1) is 13.8. The second-order valence-electron chi connectivity index (χ2n) is 3.19. The summed E-state index contributed by atoms with van der Waals surface area (Å²) in [5, 5.41) is -0.918. The number of sulfone groups is 1. The van der Waals surface area contributed by atoms with Crippen LogP contribution in [0.5, 0.6) is 0 Å². The monoisotopic (exact) mass is 337 g/mol. The van der Waals surface area contributed by atoms with Gasteiger partial charge in [-0.2, -0.15) is 16.1 Å². The predicted molar refractivity (Wildman–Crippen MR) is 65.4 cm³/mol. The third-order valence-corrected chi connectivity index (χ3v) is 7.97. The highest BCUT2D eigenvalue weighted by molar-refractivity contribution is 9.10. The highest BCUT2D eigenvalue weighted by Gasteiger charge is 2.37. The van der Waals surface area contributed by atoms with Crippen LogP contribution in [0.4, 0.5) is 0 Å². The van der Waals surface area contributed by atoms with E-state index in [9.17, 15) is 16.8 Å². The van der Waals surface area contributed by atoms with Crippen LogP contribution in [0.15, 0.2) is 0 Å². The number of hydrogen-bond donors (Lipinski definition) is 0. The molecule has 0 aromatic carbocycles. The fourth-order valence-corrected chi connectivity index (χ4v) is 6.76. The first-order valence-electron chi connectivity index (χ1n) is 4.11. The molecule has 1 unspecified atom stereocenters. The van der Waals surface area contributed by atoms with Gasteiger partial charge in [-0.1, -0.05) is 15.9 Å². The summed E-state index contributed by atoms with van der Waals surface area (Å²) in [7, 11) is -6.86. The molecule has 1 fully saturated rings. The highest BCUT2D eigenvalue weighted by Crippen LogP contribution is 2.23. The van der Waals surface area contributed by atoms with E-state index in [-0.39, 0.29) is 11.2 Å². The fraction of sp³-hybridized carbons (Fsp3) is 1.00. The van der Waals surface area contributed by atoms with Crippen molar-refractivity contribution in [3.05, 3.63) is 0 Å². The van der Waals surface area contributed by atoms with E-state index in [1.807, 2.05) is 0 Å². The van der Waals surface area contributed by atoms with Crippen LogP contribution in [-0.4, -0.2) is 55.5 Å². The van der Waals surface area contributed by atoms with Crippen LogP contribution >= 0.6 is 27.7 Å². The van der Waals surface area contributed by atoms with E-state index in [1.165, 1.54) is 11.8 Å². The van der Waals surface area contributed by atoms with Gasteiger partial charge in [-0.25, -0.2) is 16.8 Å². The molecule has 1 heterocycles. The van der Waals surface area contributed by atoms with Crippen LogP contribution in [0, 0.1) is 0 Å². The molecule has 0 spiro atoms. The van der Waals surface area contributed by atoms with Crippen molar-refractivity contribution < 1.29 is 16.8 Å². The van der Waals surface area contributed by atoms with E-state index in [1.54, 1.807) is 0 Å². The van der Waals surface area contributed by atoms with Crippen molar-refractivity contribution in [2.45, 2.75) is 5.37 Å². The SMILES string of the molecule is CS(=O)(=O)C1CSCCN1S(=O)(=O)CBr. The smallest absolute Gasteiger partial charge is 0.225 e. The van der Waals surface area contributed by atoms with Gasteiger partial charge in [0.1, 0.15) is 10.0 Å². The van der Waals surface area contributed by atoms with Gasteiger partial charge in [-0.05, 0) is 0 Å². The topological polar surface area (TPSA) is 71.5 Å². The molecule has 0 saturated carbocycles. The molecule has 15 heavy (non-hydrogen) atoms. The molecule has 0 radical (unpaired) electrons. The van der Waals surface area contributed by atoms with Gasteiger partial charge in [0.15, 0.2) is 9.84 Å². The molecule has 0 N–H and O–H groups in total. The first-order chi connectivity index (χ1) is 6.79. The molecule has 0 bridgehead atoms. The van der Waals surface area contributed by atoms with Crippen molar-refractivity contribution in [2.24, 2.45) is 0 Å². The maximum atomic E-state index is 11.6. The van der Waals surface area contributed by atoms with Crippen molar-refractivity contribution in [3.63, 3.8) is 0 Å². The van der Waals surface area contributed by atoms with Crippen LogP contribution in [0.3, 0.4) is 0 Å². The molecule has 1 rings (SSSR count). The molecule has 0 aromatic rings. The third-order valence-electron chi connectivity index (χ3n) is 2.03. The Morgan fingerprint density at radius 2 is 2.00 bits per heavy atom. The molecule has 5 nitrogen and oxygen atoms in total. The van der Waals surface area contributed by atoms with Gasteiger partial charge in [0.25, 0.3) is 0 Å². The van der Waals surface area contributed by atoms with Gasteiger partial charge in [0.05, 0.1) is 0 Å². The van der Waals surface area contributed by atoms with Crippen molar-refractivity contribution >= 4 is 47.6 Å². The average molecular weight is 338 g/mol. The van der Waals surface area contributed by atoms with Gasteiger partial charge < -0.3 is 0 Å². The molecule has 0 aliphatic carbocycles. The normalized spacial score (nSPS) is 25.3. The summed E-state index contributed by atoms with van der Waals surface area (Å²) in [6, 6.07) is 0. The lowest BCUT2D eigenvalue weighted by atomic mass is 10.6. The number of alkyl halides is 1. The number of hydrogen-bond acceptors (Lipinski definition) is 5. The molecule has 1 atom stereocenters. The average Bonchev–Trinajstić information content (AvgIpc) is 2.16. The highest BCUT2D eigenvalue weighted by atomic mass is 79.9. The Bertz CT molecular complexity index is 418. The zero-order chi connectivity index (χ0) is 11.7. The second kappa shape index (κ2) is 4.91. The van der Waals surface area contributed by atoms with E-state index in [0.717, 1.165) is 10.6 Å².